The molecule has 6 heteroatoms. The third kappa shape index (κ3) is 3.86. The van der Waals surface area contributed by atoms with Crippen molar-refractivity contribution in [3.05, 3.63) is 18.3 Å². The quantitative estimate of drug-likeness (QED) is 0.896. The van der Waals surface area contributed by atoms with Gasteiger partial charge >= 0.3 is 0 Å². The fraction of sp³-hybridized carbons (Fsp3) is 0.700. The van der Waals surface area contributed by atoms with Crippen LogP contribution < -0.4 is 10.2 Å². The second-order valence-electron chi connectivity index (χ2n) is 7.90. The van der Waals surface area contributed by atoms with Crippen molar-refractivity contribution in [2.75, 3.05) is 43.1 Å². The number of rotatable bonds is 4. The molecule has 4 rings (SSSR count). The van der Waals surface area contributed by atoms with Crippen LogP contribution in [-0.2, 0) is 9.53 Å². The van der Waals surface area contributed by atoms with E-state index in [9.17, 15) is 4.79 Å². The van der Waals surface area contributed by atoms with Crippen molar-refractivity contribution < 1.29 is 9.53 Å². The molecule has 3 fully saturated rings. The number of likely N-dealkylation sites (tertiary alicyclic amines) is 1. The van der Waals surface area contributed by atoms with Crippen molar-refractivity contribution >= 4 is 17.4 Å². The summed E-state index contributed by atoms with van der Waals surface area (Å²) in [5, 5.41) is 2.96. The molecule has 1 aromatic rings. The van der Waals surface area contributed by atoms with Crippen LogP contribution in [0, 0.1) is 5.92 Å². The molecule has 0 bridgehead atoms. The van der Waals surface area contributed by atoms with Gasteiger partial charge in [0.25, 0.3) is 0 Å². The molecule has 0 unspecified atom stereocenters. The van der Waals surface area contributed by atoms with E-state index in [-0.39, 0.29) is 11.8 Å². The van der Waals surface area contributed by atoms with Gasteiger partial charge in [-0.25, -0.2) is 4.98 Å². The van der Waals surface area contributed by atoms with Gasteiger partial charge in [-0.15, -0.1) is 0 Å². The first-order valence-electron chi connectivity index (χ1n) is 10.1. The number of nitrogens with one attached hydrogen (secondary N) is 1. The molecular formula is C20H30N4O2. The lowest BCUT2D eigenvalue weighted by molar-refractivity contribution is -0.122. The van der Waals surface area contributed by atoms with Crippen LogP contribution in [0.2, 0.25) is 0 Å². The predicted octanol–water partition coefficient (Wildman–Crippen LogP) is 2.51. The van der Waals surface area contributed by atoms with Gasteiger partial charge in [0, 0.05) is 44.3 Å². The normalized spacial score (nSPS) is 27.8. The first-order valence-corrected chi connectivity index (χ1v) is 10.1. The van der Waals surface area contributed by atoms with E-state index in [1.54, 1.807) is 0 Å². The van der Waals surface area contributed by atoms with E-state index < -0.39 is 0 Å². The average molecular weight is 358 g/mol. The summed E-state index contributed by atoms with van der Waals surface area (Å²) >= 11 is 0. The fourth-order valence-corrected chi connectivity index (χ4v) is 4.58. The van der Waals surface area contributed by atoms with Crippen molar-refractivity contribution in [1.82, 2.24) is 9.88 Å². The summed E-state index contributed by atoms with van der Waals surface area (Å²) in [5.41, 5.74) is 1.16. The van der Waals surface area contributed by atoms with Crippen LogP contribution in [0.1, 0.15) is 39.0 Å². The number of hydrogen-bond acceptors (Lipinski definition) is 5. The topological polar surface area (TPSA) is 57.7 Å². The third-order valence-corrected chi connectivity index (χ3v) is 6.19. The lowest BCUT2D eigenvalue weighted by Crippen LogP contribution is -2.39. The van der Waals surface area contributed by atoms with Gasteiger partial charge in [0.2, 0.25) is 5.91 Å². The molecule has 3 aliphatic heterocycles. The molecule has 4 heterocycles. The summed E-state index contributed by atoms with van der Waals surface area (Å²) in [7, 11) is 0. The molecule has 1 N–H and O–H groups in total. The van der Waals surface area contributed by atoms with Gasteiger partial charge in [0.1, 0.15) is 5.82 Å². The van der Waals surface area contributed by atoms with Crippen LogP contribution in [0.4, 0.5) is 11.5 Å². The Kier molecular flexibility index (Phi) is 5.41. The van der Waals surface area contributed by atoms with Crippen LogP contribution in [0.3, 0.4) is 0 Å². The highest BCUT2D eigenvalue weighted by molar-refractivity contribution is 5.91. The third-order valence-electron chi connectivity index (χ3n) is 6.19. The number of pyridine rings is 1. The summed E-state index contributed by atoms with van der Waals surface area (Å²) in [4.78, 5) is 21.9. The van der Waals surface area contributed by atoms with E-state index in [4.69, 9.17) is 4.74 Å². The first-order chi connectivity index (χ1) is 12.7. The van der Waals surface area contributed by atoms with E-state index in [1.165, 1.54) is 25.8 Å². The van der Waals surface area contributed by atoms with Gasteiger partial charge in [-0.05, 0) is 57.7 Å². The smallest absolute Gasteiger partial charge is 0.228 e. The summed E-state index contributed by atoms with van der Waals surface area (Å²) in [5.74, 6) is 0.763. The Balaban J connectivity index is 1.32. The number of aromatic nitrogens is 1. The number of amides is 1. The van der Waals surface area contributed by atoms with Gasteiger partial charge < -0.3 is 15.0 Å². The molecule has 6 nitrogen and oxygen atoms in total. The standard InChI is InChI=1S/C20H30N4O2/c1-15-3-2-9-24(15)18-6-10-23(14-18)17-4-5-19(21-13-17)22-20(25)16-7-11-26-12-8-16/h4-5,13,15-16,18H,2-3,6-12,14H2,1H3,(H,21,22,25)/t15-,18-/m0/s1. The maximum Gasteiger partial charge on any atom is 0.228 e. The minimum absolute atomic E-state index is 0.0482. The molecule has 1 amide bonds. The lowest BCUT2D eigenvalue weighted by atomic mass is 9.99. The Bertz CT molecular complexity index is 615. The highest BCUT2D eigenvalue weighted by atomic mass is 16.5. The SMILES string of the molecule is C[C@H]1CCCN1[C@H]1CCN(c2ccc(NC(=O)C3CCOCC3)nc2)C1. The highest BCUT2D eigenvalue weighted by Crippen LogP contribution is 2.28. The summed E-state index contributed by atoms with van der Waals surface area (Å²) < 4.78 is 5.32. The van der Waals surface area contributed by atoms with E-state index in [0.717, 1.165) is 37.7 Å². The summed E-state index contributed by atoms with van der Waals surface area (Å²) in [6, 6.07) is 5.40. The number of hydrogen-bond donors (Lipinski definition) is 1. The Morgan fingerprint density at radius 3 is 2.73 bits per heavy atom. The monoisotopic (exact) mass is 358 g/mol. The number of ether oxygens (including phenoxy) is 1. The molecule has 3 aliphatic rings. The number of nitrogens with zero attached hydrogens (tertiary/aromatic N) is 3. The second kappa shape index (κ2) is 7.92. The molecule has 1 aromatic heterocycles. The van der Waals surface area contributed by atoms with Gasteiger partial charge in [0.05, 0.1) is 11.9 Å². The molecule has 26 heavy (non-hydrogen) atoms. The van der Waals surface area contributed by atoms with E-state index in [2.05, 4.69) is 33.1 Å². The number of anilines is 2. The number of carbonyl (C=O) groups excluding carboxylic acids is 1. The zero-order valence-corrected chi connectivity index (χ0v) is 15.7. The van der Waals surface area contributed by atoms with Crippen LogP contribution in [-0.4, -0.2) is 60.7 Å². The Morgan fingerprint density at radius 2 is 2.04 bits per heavy atom. The Hall–Kier alpha value is -1.66. The van der Waals surface area contributed by atoms with Crippen molar-refractivity contribution in [3.8, 4) is 0 Å². The van der Waals surface area contributed by atoms with Gasteiger partial charge in [-0.1, -0.05) is 0 Å². The van der Waals surface area contributed by atoms with Crippen LogP contribution in [0.5, 0.6) is 0 Å². The molecule has 0 saturated carbocycles. The van der Waals surface area contributed by atoms with Gasteiger partial charge in [-0.2, -0.15) is 0 Å². The van der Waals surface area contributed by atoms with Crippen LogP contribution >= 0.6 is 0 Å². The van der Waals surface area contributed by atoms with Crippen molar-refractivity contribution in [2.24, 2.45) is 5.92 Å². The first kappa shape index (κ1) is 17.7. The Labute approximate surface area is 155 Å². The molecule has 2 atom stereocenters. The summed E-state index contributed by atoms with van der Waals surface area (Å²) in [6.07, 6.45) is 7.39. The molecule has 0 aromatic carbocycles. The lowest BCUT2D eigenvalue weighted by Gasteiger charge is -2.28. The maximum absolute atomic E-state index is 12.3. The molecule has 0 spiro atoms. The average Bonchev–Trinajstić information content (AvgIpc) is 3.32. The van der Waals surface area contributed by atoms with Crippen molar-refractivity contribution in [3.63, 3.8) is 0 Å². The molecule has 0 radical (unpaired) electrons. The molecule has 0 aliphatic carbocycles. The van der Waals surface area contributed by atoms with Gasteiger partial charge in [0.15, 0.2) is 0 Å². The van der Waals surface area contributed by atoms with E-state index in [0.29, 0.717) is 25.1 Å². The Morgan fingerprint density at radius 1 is 1.19 bits per heavy atom. The second-order valence-corrected chi connectivity index (χ2v) is 7.90. The summed E-state index contributed by atoms with van der Waals surface area (Å²) in [6.45, 7) is 7.12. The predicted molar refractivity (Wildman–Crippen MR) is 102 cm³/mol. The fourth-order valence-electron chi connectivity index (χ4n) is 4.58. The zero-order valence-electron chi connectivity index (χ0n) is 15.7. The van der Waals surface area contributed by atoms with Crippen molar-refractivity contribution in [1.29, 1.82) is 0 Å². The minimum atomic E-state index is 0.0482. The highest BCUT2D eigenvalue weighted by Gasteiger charge is 2.33. The molecule has 3 saturated heterocycles. The van der Waals surface area contributed by atoms with E-state index in [1.807, 2.05) is 12.3 Å². The largest absolute Gasteiger partial charge is 0.381 e. The number of carbonyl (C=O) groups is 1. The van der Waals surface area contributed by atoms with Crippen LogP contribution in [0.25, 0.3) is 0 Å². The minimum Gasteiger partial charge on any atom is -0.381 e. The maximum atomic E-state index is 12.3. The molecule has 142 valence electrons. The zero-order chi connectivity index (χ0) is 17.9. The molecular weight excluding hydrogens is 328 g/mol. The van der Waals surface area contributed by atoms with E-state index >= 15 is 0 Å². The van der Waals surface area contributed by atoms with Gasteiger partial charge in [-0.3, -0.25) is 9.69 Å². The van der Waals surface area contributed by atoms with Crippen molar-refractivity contribution in [2.45, 2.75) is 51.1 Å². The van der Waals surface area contributed by atoms with Crippen LogP contribution in [0.15, 0.2) is 18.3 Å².